The Morgan fingerprint density at radius 1 is 1.30 bits per heavy atom. The monoisotopic (exact) mass is 387 g/mol. The molecule has 0 radical (unpaired) electrons. The number of likely N-dealkylation sites (tertiary alicyclic amines) is 1. The molecule has 0 spiro atoms. The Morgan fingerprint density at radius 3 is 2.93 bits per heavy atom. The quantitative estimate of drug-likeness (QED) is 0.856. The average Bonchev–Trinajstić information content (AvgIpc) is 3.43. The van der Waals surface area contributed by atoms with Crippen LogP contribution in [0.1, 0.15) is 52.7 Å². The van der Waals surface area contributed by atoms with Gasteiger partial charge in [-0.3, -0.25) is 9.59 Å². The highest BCUT2D eigenvalue weighted by atomic mass is 32.1. The van der Waals surface area contributed by atoms with Gasteiger partial charge in [0.25, 0.3) is 5.91 Å². The third-order valence-electron chi connectivity index (χ3n) is 5.09. The summed E-state index contributed by atoms with van der Waals surface area (Å²) < 4.78 is 13.4. The van der Waals surface area contributed by atoms with E-state index in [-0.39, 0.29) is 23.7 Å². The molecule has 1 aliphatic heterocycles. The lowest BCUT2D eigenvalue weighted by Crippen LogP contribution is -2.39. The number of nitrogens with one attached hydrogen (secondary N) is 1. The van der Waals surface area contributed by atoms with E-state index in [0.29, 0.717) is 25.2 Å². The van der Waals surface area contributed by atoms with Crippen LogP contribution in [-0.2, 0) is 11.3 Å². The number of halogens is 1. The van der Waals surface area contributed by atoms with E-state index in [0.717, 1.165) is 36.4 Å². The molecular formula is C20H22FN3O2S. The molecule has 1 aliphatic carbocycles. The summed E-state index contributed by atoms with van der Waals surface area (Å²) in [5, 5.41) is 5.92. The Kier molecular flexibility index (Phi) is 5.20. The molecule has 7 heteroatoms. The van der Waals surface area contributed by atoms with Gasteiger partial charge in [0.05, 0.1) is 17.2 Å². The van der Waals surface area contributed by atoms with E-state index in [1.54, 1.807) is 28.4 Å². The molecule has 2 amide bonds. The van der Waals surface area contributed by atoms with Gasteiger partial charge in [-0.25, -0.2) is 9.37 Å². The largest absolute Gasteiger partial charge is 0.350 e. The van der Waals surface area contributed by atoms with Crippen LogP contribution in [0.15, 0.2) is 29.6 Å². The van der Waals surface area contributed by atoms with Gasteiger partial charge in [0.1, 0.15) is 5.82 Å². The minimum Gasteiger partial charge on any atom is -0.350 e. The fraction of sp³-hybridized carbons (Fsp3) is 0.450. The molecule has 0 unspecified atom stereocenters. The maximum Gasteiger partial charge on any atom is 0.253 e. The molecule has 2 heterocycles. The standard InChI is InChI=1S/C20H22FN3O2S/c21-16-5-1-3-14(9-16)20(26)24-8-2-4-15(11-24)19-23-17(12-27-19)10-22-18(25)13-6-7-13/h1,3,5,9,12-13,15H,2,4,6-8,10-11H2,(H,22,25)/t15-/m0/s1. The van der Waals surface area contributed by atoms with Crippen LogP contribution in [0.2, 0.25) is 0 Å². The van der Waals surface area contributed by atoms with Gasteiger partial charge in [-0.05, 0) is 43.9 Å². The van der Waals surface area contributed by atoms with Gasteiger partial charge in [0.2, 0.25) is 5.91 Å². The third-order valence-corrected chi connectivity index (χ3v) is 6.15. The van der Waals surface area contributed by atoms with Crippen molar-refractivity contribution in [3.63, 3.8) is 0 Å². The van der Waals surface area contributed by atoms with Crippen LogP contribution in [0.3, 0.4) is 0 Å². The number of piperidine rings is 1. The van der Waals surface area contributed by atoms with Crippen molar-refractivity contribution in [3.8, 4) is 0 Å². The van der Waals surface area contributed by atoms with Crippen LogP contribution < -0.4 is 5.32 Å². The van der Waals surface area contributed by atoms with Crippen LogP contribution in [-0.4, -0.2) is 34.8 Å². The van der Waals surface area contributed by atoms with E-state index in [1.807, 2.05) is 5.38 Å². The predicted octanol–water partition coefficient (Wildman–Crippen LogP) is 3.33. The second-order valence-electron chi connectivity index (χ2n) is 7.27. The molecule has 0 bridgehead atoms. The second kappa shape index (κ2) is 7.76. The van der Waals surface area contributed by atoms with Crippen molar-refractivity contribution in [1.82, 2.24) is 15.2 Å². The molecule has 5 nitrogen and oxygen atoms in total. The van der Waals surface area contributed by atoms with Crippen molar-refractivity contribution in [2.75, 3.05) is 13.1 Å². The highest BCUT2D eigenvalue weighted by Crippen LogP contribution is 2.31. The van der Waals surface area contributed by atoms with Crippen LogP contribution in [0.25, 0.3) is 0 Å². The molecule has 1 aromatic heterocycles. The molecule has 1 N–H and O–H groups in total. The molecule has 1 aromatic carbocycles. The van der Waals surface area contributed by atoms with Gasteiger partial charge < -0.3 is 10.2 Å². The van der Waals surface area contributed by atoms with E-state index in [1.165, 1.54) is 12.1 Å². The molecule has 142 valence electrons. The van der Waals surface area contributed by atoms with Crippen molar-refractivity contribution in [2.24, 2.45) is 5.92 Å². The van der Waals surface area contributed by atoms with Crippen LogP contribution >= 0.6 is 11.3 Å². The summed E-state index contributed by atoms with van der Waals surface area (Å²) in [5.41, 5.74) is 1.26. The van der Waals surface area contributed by atoms with Crippen molar-refractivity contribution in [1.29, 1.82) is 0 Å². The highest BCUT2D eigenvalue weighted by Gasteiger charge is 2.30. The number of amides is 2. The zero-order valence-electron chi connectivity index (χ0n) is 15.0. The van der Waals surface area contributed by atoms with Crippen molar-refractivity contribution >= 4 is 23.2 Å². The van der Waals surface area contributed by atoms with E-state index in [9.17, 15) is 14.0 Å². The predicted molar refractivity (Wildman–Crippen MR) is 101 cm³/mol. The Labute approximate surface area is 161 Å². The topological polar surface area (TPSA) is 62.3 Å². The molecule has 2 aliphatic rings. The number of benzene rings is 1. The molecule has 4 rings (SSSR count). The number of hydrogen-bond acceptors (Lipinski definition) is 4. The Bertz CT molecular complexity index is 849. The van der Waals surface area contributed by atoms with Crippen LogP contribution in [0.5, 0.6) is 0 Å². The fourth-order valence-corrected chi connectivity index (χ4v) is 4.37. The summed E-state index contributed by atoms with van der Waals surface area (Å²) in [5.74, 6) is -0.0213. The maximum atomic E-state index is 13.4. The van der Waals surface area contributed by atoms with E-state index in [4.69, 9.17) is 0 Å². The number of nitrogens with zero attached hydrogens (tertiary/aromatic N) is 2. The first-order valence-corrected chi connectivity index (χ1v) is 10.2. The number of carbonyl (C=O) groups is 2. The first kappa shape index (κ1) is 18.1. The van der Waals surface area contributed by atoms with Crippen LogP contribution in [0, 0.1) is 11.7 Å². The number of thiazole rings is 1. The summed E-state index contributed by atoms with van der Waals surface area (Å²) >= 11 is 1.58. The summed E-state index contributed by atoms with van der Waals surface area (Å²) in [4.78, 5) is 30.9. The van der Waals surface area contributed by atoms with Gasteiger partial charge in [-0.2, -0.15) is 0 Å². The zero-order chi connectivity index (χ0) is 18.8. The lowest BCUT2D eigenvalue weighted by Gasteiger charge is -2.32. The summed E-state index contributed by atoms with van der Waals surface area (Å²) in [6, 6.07) is 5.84. The molecule has 27 heavy (non-hydrogen) atoms. The molecule has 1 saturated carbocycles. The summed E-state index contributed by atoms with van der Waals surface area (Å²) in [6.07, 6.45) is 3.87. The molecule has 1 saturated heterocycles. The normalized spacial score (nSPS) is 19.7. The SMILES string of the molecule is O=C(NCc1csc([C@H]2CCCN(C(=O)c3cccc(F)c3)C2)n1)C1CC1. The Morgan fingerprint density at radius 2 is 2.15 bits per heavy atom. The second-order valence-corrected chi connectivity index (χ2v) is 8.16. The third kappa shape index (κ3) is 4.35. The maximum absolute atomic E-state index is 13.4. The first-order valence-electron chi connectivity index (χ1n) is 9.37. The molecule has 2 aromatic rings. The Balaban J connectivity index is 1.38. The van der Waals surface area contributed by atoms with E-state index in [2.05, 4.69) is 10.3 Å². The number of carbonyl (C=O) groups excluding carboxylic acids is 2. The first-order chi connectivity index (χ1) is 13.1. The van der Waals surface area contributed by atoms with Gasteiger partial charge in [-0.15, -0.1) is 11.3 Å². The molecule has 1 atom stereocenters. The smallest absolute Gasteiger partial charge is 0.253 e. The van der Waals surface area contributed by atoms with Crippen molar-refractivity contribution < 1.29 is 14.0 Å². The average molecular weight is 387 g/mol. The summed E-state index contributed by atoms with van der Waals surface area (Å²) in [6.45, 7) is 1.74. The minimum absolute atomic E-state index is 0.120. The van der Waals surface area contributed by atoms with E-state index >= 15 is 0 Å². The number of rotatable bonds is 5. The Hall–Kier alpha value is -2.28. The molecular weight excluding hydrogens is 365 g/mol. The van der Waals surface area contributed by atoms with Crippen LogP contribution in [0.4, 0.5) is 4.39 Å². The lowest BCUT2D eigenvalue weighted by atomic mass is 9.98. The highest BCUT2D eigenvalue weighted by molar-refractivity contribution is 7.09. The van der Waals surface area contributed by atoms with Crippen molar-refractivity contribution in [2.45, 2.75) is 38.1 Å². The van der Waals surface area contributed by atoms with Gasteiger partial charge in [0, 0.05) is 35.9 Å². The summed E-state index contributed by atoms with van der Waals surface area (Å²) in [7, 11) is 0. The van der Waals surface area contributed by atoms with E-state index < -0.39 is 5.82 Å². The lowest BCUT2D eigenvalue weighted by molar-refractivity contribution is -0.122. The zero-order valence-corrected chi connectivity index (χ0v) is 15.8. The van der Waals surface area contributed by atoms with Gasteiger partial charge >= 0.3 is 0 Å². The number of aromatic nitrogens is 1. The van der Waals surface area contributed by atoms with Gasteiger partial charge in [0.15, 0.2) is 0 Å². The minimum atomic E-state index is -0.396. The number of hydrogen-bond donors (Lipinski definition) is 1. The van der Waals surface area contributed by atoms with Crippen molar-refractivity contribution in [3.05, 3.63) is 51.7 Å². The fourth-order valence-electron chi connectivity index (χ4n) is 3.43. The van der Waals surface area contributed by atoms with Gasteiger partial charge in [-0.1, -0.05) is 6.07 Å². The molecule has 2 fully saturated rings.